The van der Waals surface area contributed by atoms with Crippen molar-refractivity contribution in [1.29, 1.82) is 0 Å². The van der Waals surface area contributed by atoms with E-state index in [1.165, 1.54) is 27.6 Å². The van der Waals surface area contributed by atoms with Crippen molar-refractivity contribution >= 4 is 15.7 Å². The average molecular weight is 501 g/mol. The van der Waals surface area contributed by atoms with E-state index in [9.17, 15) is 17.9 Å². The Kier molecular flexibility index (Phi) is 6.06. The number of aryl methyl sites for hydroxylation is 2. The number of aliphatic hydroxyl groups is 1. The molecule has 2 aromatic rings. The molecule has 0 unspecified atom stereocenters. The van der Waals surface area contributed by atoms with Gasteiger partial charge in [-0.05, 0) is 68.5 Å². The molecule has 0 spiro atoms. The van der Waals surface area contributed by atoms with E-state index < -0.39 is 10.0 Å². The van der Waals surface area contributed by atoms with Gasteiger partial charge in [-0.2, -0.15) is 4.31 Å². The number of sulfonamides is 1. The van der Waals surface area contributed by atoms with Gasteiger partial charge in [-0.15, -0.1) is 0 Å². The Bertz CT molecular complexity index is 1320. The third-order valence-corrected chi connectivity index (χ3v) is 9.24. The van der Waals surface area contributed by atoms with E-state index in [1.807, 2.05) is 11.2 Å². The summed E-state index contributed by atoms with van der Waals surface area (Å²) in [6.07, 6.45) is 5.79. The van der Waals surface area contributed by atoms with Crippen LogP contribution in [0.2, 0.25) is 0 Å². The summed E-state index contributed by atoms with van der Waals surface area (Å²) in [5.41, 5.74) is 9.03. The lowest BCUT2D eigenvalue weighted by atomic mass is 9.80. The summed E-state index contributed by atoms with van der Waals surface area (Å²) in [6, 6.07) is 6.34. The standard InChI is InChI=1S/C25H29FN4O4S/c1-15-22-13-27-30(21-8-6-20(26)7-9-21)23(22)12-18-4-5-19(24(15)18)14-29(10-11-31)35(32,33)25-16(2)28-34-17(25)3/h6-9,12-13,15,19,27,31H,4-5,10-11,14H2,1-3H3/t15-,19+/m0/s1. The average Bonchev–Trinajstić information content (AvgIpc) is 3.52. The van der Waals surface area contributed by atoms with Crippen LogP contribution in [0.1, 0.15) is 31.2 Å². The molecule has 2 aliphatic carbocycles. The molecule has 0 fully saturated rings. The minimum absolute atomic E-state index is 0.00355. The zero-order valence-electron chi connectivity index (χ0n) is 20.0. The molecule has 0 saturated carbocycles. The highest BCUT2D eigenvalue weighted by molar-refractivity contribution is 7.89. The van der Waals surface area contributed by atoms with E-state index in [4.69, 9.17) is 4.52 Å². The second-order valence-corrected chi connectivity index (χ2v) is 11.1. The number of fused-ring (bicyclic) bond motifs is 1. The minimum Gasteiger partial charge on any atom is -0.395 e. The first-order valence-corrected chi connectivity index (χ1v) is 13.2. The number of benzene rings is 1. The lowest BCUT2D eigenvalue weighted by molar-refractivity contribution is 0.242. The molecule has 2 atom stereocenters. The number of allylic oxidation sites excluding steroid dienone is 3. The highest BCUT2D eigenvalue weighted by Crippen LogP contribution is 2.48. The quantitative estimate of drug-likeness (QED) is 0.600. The zero-order chi connectivity index (χ0) is 24.9. The van der Waals surface area contributed by atoms with Crippen LogP contribution in [-0.4, -0.2) is 42.7 Å². The van der Waals surface area contributed by atoms with Crippen LogP contribution in [0.4, 0.5) is 10.1 Å². The molecule has 1 aromatic heterocycles. The molecule has 0 radical (unpaired) electrons. The molecule has 5 rings (SSSR count). The summed E-state index contributed by atoms with van der Waals surface area (Å²) in [6.45, 7) is 5.34. The van der Waals surface area contributed by atoms with Gasteiger partial charge in [0.25, 0.3) is 0 Å². The molecular weight excluding hydrogens is 471 g/mol. The fourth-order valence-electron chi connectivity index (χ4n) is 5.55. The molecule has 0 bridgehead atoms. The Labute approximate surface area is 204 Å². The number of hydrazine groups is 1. The summed E-state index contributed by atoms with van der Waals surface area (Å²) in [5, 5.41) is 15.4. The van der Waals surface area contributed by atoms with E-state index in [0.717, 1.165) is 29.8 Å². The second kappa shape index (κ2) is 8.92. The number of anilines is 1. The van der Waals surface area contributed by atoms with Crippen molar-refractivity contribution in [3.8, 4) is 0 Å². The summed E-state index contributed by atoms with van der Waals surface area (Å²) in [7, 11) is -3.88. The number of hydrogen-bond donors (Lipinski definition) is 2. The van der Waals surface area contributed by atoms with E-state index >= 15 is 0 Å². The van der Waals surface area contributed by atoms with Crippen molar-refractivity contribution in [3.63, 3.8) is 0 Å². The first kappa shape index (κ1) is 23.8. The summed E-state index contributed by atoms with van der Waals surface area (Å²) in [4.78, 5) is 0.0784. The van der Waals surface area contributed by atoms with Crippen molar-refractivity contribution in [2.24, 2.45) is 11.8 Å². The molecule has 186 valence electrons. The number of nitrogens with one attached hydrogen (secondary N) is 1. The SMILES string of the molecule is Cc1noc(C)c1S(=O)(=O)N(CCO)C[C@H]1CCC2=C1[C@@H](C)C1=CNN(c3ccc(F)cc3)C1=C2. The van der Waals surface area contributed by atoms with Crippen molar-refractivity contribution in [2.75, 3.05) is 24.7 Å². The summed E-state index contributed by atoms with van der Waals surface area (Å²) in [5.74, 6) is 0.0849. The lowest BCUT2D eigenvalue weighted by Gasteiger charge is -2.32. The van der Waals surface area contributed by atoms with E-state index in [1.54, 1.807) is 26.0 Å². The van der Waals surface area contributed by atoms with Gasteiger partial charge in [-0.25, -0.2) is 12.8 Å². The molecule has 1 aromatic carbocycles. The van der Waals surface area contributed by atoms with Crippen molar-refractivity contribution in [2.45, 2.75) is 38.5 Å². The van der Waals surface area contributed by atoms with E-state index in [0.29, 0.717) is 5.69 Å². The van der Waals surface area contributed by atoms with Crippen LogP contribution in [-0.2, 0) is 10.0 Å². The van der Waals surface area contributed by atoms with Crippen molar-refractivity contribution in [1.82, 2.24) is 14.9 Å². The maximum absolute atomic E-state index is 13.5. The molecule has 8 nitrogen and oxygen atoms in total. The monoisotopic (exact) mass is 500 g/mol. The van der Waals surface area contributed by atoms with Crippen LogP contribution in [0.5, 0.6) is 0 Å². The number of aliphatic hydroxyl groups excluding tert-OH is 1. The highest BCUT2D eigenvalue weighted by atomic mass is 32.2. The molecule has 2 N–H and O–H groups in total. The smallest absolute Gasteiger partial charge is 0.248 e. The first-order chi connectivity index (χ1) is 16.7. The molecule has 1 aliphatic heterocycles. The Morgan fingerprint density at radius 3 is 2.69 bits per heavy atom. The minimum atomic E-state index is -3.88. The lowest BCUT2D eigenvalue weighted by Crippen LogP contribution is -2.38. The Hall–Kier alpha value is -2.95. The van der Waals surface area contributed by atoms with Crippen LogP contribution >= 0.6 is 0 Å². The number of rotatable bonds is 7. The van der Waals surface area contributed by atoms with E-state index in [2.05, 4.69) is 23.6 Å². The number of nitrogens with zero attached hydrogens (tertiary/aromatic N) is 3. The predicted molar refractivity (Wildman–Crippen MR) is 129 cm³/mol. The Balaban J connectivity index is 1.45. The largest absolute Gasteiger partial charge is 0.395 e. The van der Waals surface area contributed by atoms with Crippen LogP contribution in [0, 0.1) is 31.5 Å². The maximum Gasteiger partial charge on any atom is 0.248 e. The highest BCUT2D eigenvalue weighted by Gasteiger charge is 2.40. The summed E-state index contributed by atoms with van der Waals surface area (Å²) < 4.78 is 46.9. The second-order valence-electron chi connectivity index (χ2n) is 9.25. The zero-order valence-corrected chi connectivity index (χ0v) is 20.8. The normalized spacial score (nSPS) is 21.7. The molecule has 2 heterocycles. The molecule has 0 amide bonds. The fraction of sp³-hybridized carbons (Fsp3) is 0.400. The summed E-state index contributed by atoms with van der Waals surface area (Å²) >= 11 is 0. The van der Waals surface area contributed by atoms with Gasteiger partial charge in [0.1, 0.15) is 16.4 Å². The number of aromatic nitrogens is 1. The third kappa shape index (κ3) is 3.99. The van der Waals surface area contributed by atoms with Gasteiger partial charge in [-0.1, -0.05) is 17.7 Å². The van der Waals surface area contributed by atoms with Gasteiger partial charge < -0.3 is 15.1 Å². The Morgan fingerprint density at radius 1 is 1.29 bits per heavy atom. The van der Waals surface area contributed by atoms with Crippen LogP contribution < -0.4 is 10.4 Å². The van der Waals surface area contributed by atoms with Crippen molar-refractivity contribution < 1.29 is 22.4 Å². The molecular formula is C25H29FN4O4S. The van der Waals surface area contributed by atoms with Gasteiger partial charge in [0, 0.05) is 30.8 Å². The topological polar surface area (TPSA) is 98.9 Å². The van der Waals surface area contributed by atoms with Crippen LogP contribution in [0.3, 0.4) is 0 Å². The predicted octanol–water partition coefficient (Wildman–Crippen LogP) is 3.56. The third-order valence-electron chi connectivity index (χ3n) is 7.13. The van der Waals surface area contributed by atoms with Gasteiger partial charge in [0.05, 0.1) is 18.0 Å². The number of hydrogen-bond acceptors (Lipinski definition) is 7. The molecule has 3 aliphatic rings. The van der Waals surface area contributed by atoms with Gasteiger partial charge in [0.2, 0.25) is 10.0 Å². The first-order valence-electron chi connectivity index (χ1n) is 11.7. The number of halogens is 1. The molecule has 35 heavy (non-hydrogen) atoms. The van der Waals surface area contributed by atoms with Crippen LogP contribution in [0.25, 0.3) is 0 Å². The van der Waals surface area contributed by atoms with E-state index in [-0.39, 0.29) is 48.0 Å². The van der Waals surface area contributed by atoms with Crippen LogP contribution in [0.15, 0.2) is 68.4 Å². The fourth-order valence-corrected chi connectivity index (χ4v) is 7.31. The van der Waals surface area contributed by atoms with Crippen molar-refractivity contribution in [3.05, 3.63) is 76.2 Å². The van der Waals surface area contributed by atoms with Gasteiger partial charge in [-0.3, -0.25) is 5.01 Å². The van der Waals surface area contributed by atoms with Gasteiger partial charge >= 0.3 is 0 Å². The van der Waals surface area contributed by atoms with Gasteiger partial charge in [0.15, 0.2) is 5.76 Å². The molecule has 0 saturated heterocycles. The molecule has 10 heteroatoms. The maximum atomic E-state index is 13.5. The Morgan fingerprint density at radius 2 is 2.03 bits per heavy atom.